The number of fused-ring (bicyclic) bond motifs is 3. The van der Waals surface area contributed by atoms with E-state index in [0.717, 1.165) is 5.56 Å². The third kappa shape index (κ3) is 3.31. The van der Waals surface area contributed by atoms with Gasteiger partial charge in [-0.05, 0) is 37.3 Å². The molecule has 1 aromatic rings. The molecule has 0 aromatic heterocycles. The fraction of sp³-hybridized carbons (Fsp3) is 0.375. The number of primary amides is 1. The van der Waals surface area contributed by atoms with Crippen LogP contribution in [0.25, 0.3) is 5.76 Å². The van der Waals surface area contributed by atoms with Crippen molar-refractivity contribution in [3.05, 3.63) is 58.4 Å². The number of carbonyl (C=O) groups is 3. The predicted octanol–water partition coefficient (Wildman–Crippen LogP) is 1.93. The molecule has 1 amide bonds. The largest absolute Gasteiger partial charge is 0.511 e. The Labute approximate surface area is 185 Å². The topological polar surface area (TPSA) is 141 Å². The first kappa shape index (κ1) is 21.8. The van der Waals surface area contributed by atoms with Crippen molar-refractivity contribution < 1.29 is 29.7 Å². The summed E-state index contributed by atoms with van der Waals surface area (Å²) in [5.74, 6) is -5.11. The van der Waals surface area contributed by atoms with Crippen LogP contribution in [0.4, 0.5) is 0 Å². The molecule has 0 heterocycles. The van der Waals surface area contributed by atoms with E-state index in [4.69, 9.17) is 5.73 Å². The Hall–Kier alpha value is -3.39. The van der Waals surface area contributed by atoms with Crippen molar-refractivity contribution >= 4 is 23.2 Å². The predicted molar refractivity (Wildman–Crippen MR) is 116 cm³/mol. The van der Waals surface area contributed by atoms with Crippen LogP contribution in [0, 0.1) is 17.8 Å². The Morgan fingerprint density at radius 3 is 2.62 bits per heavy atom. The van der Waals surface area contributed by atoms with Gasteiger partial charge in [0.2, 0.25) is 0 Å². The van der Waals surface area contributed by atoms with Gasteiger partial charge in [-0.15, -0.1) is 6.58 Å². The lowest BCUT2D eigenvalue weighted by Crippen LogP contribution is -2.44. The maximum absolute atomic E-state index is 13.4. The number of allylic oxidation sites excluding steroid dienone is 2. The number of rotatable bonds is 5. The first-order chi connectivity index (χ1) is 15.1. The number of phenols is 1. The first-order valence-electron chi connectivity index (χ1n) is 10.5. The summed E-state index contributed by atoms with van der Waals surface area (Å²) in [6.07, 6.45) is 2.49. The van der Waals surface area contributed by atoms with E-state index in [0.29, 0.717) is 31.5 Å². The van der Waals surface area contributed by atoms with Gasteiger partial charge < -0.3 is 21.1 Å². The van der Waals surface area contributed by atoms with Gasteiger partial charge in [0.1, 0.15) is 22.8 Å². The van der Waals surface area contributed by atoms with Gasteiger partial charge in [0.25, 0.3) is 5.91 Å². The van der Waals surface area contributed by atoms with Crippen molar-refractivity contribution in [2.45, 2.75) is 25.8 Å². The lowest BCUT2D eigenvalue weighted by molar-refractivity contribution is -0.127. The number of aliphatic hydroxyl groups excluding tert-OH is 2. The SMILES string of the molecule is C=CCN(C)Cc1ccc2c(c1O)C(O)=C1C(=O)C3C(O)=C(C(N)=O)C(=O)CC3CC1C2. The molecule has 0 radical (unpaired) electrons. The molecule has 8 heteroatoms. The normalized spacial score (nSPS) is 24.9. The van der Waals surface area contributed by atoms with Crippen LogP contribution in [0.15, 0.2) is 41.7 Å². The molecule has 1 saturated carbocycles. The van der Waals surface area contributed by atoms with Crippen molar-refractivity contribution in [3.8, 4) is 5.75 Å². The quantitative estimate of drug-likeness (QED) is 0.406. The minimum Gasteiger partial charge on any atom is -0.511 e. The molecule has 0 bridgehead atoms. The van der Waals surface area contributed by atoms with Crippen molar-refractivity contribution in [3.63, 3.8) is 0 Å². The average molecular weight is 438 g/mol. The van der Waals surface area contributed by atoms with Crippen LogP contribution in [0.3, 0.4) is 0 Å². The zero-order valence-electron chi connectivity index (χ0n) is 17.8. The van der Waals surface area contributed by atoms with E-state index >= 15 is 0 Å². The molecule has 3 aliphatic rings. The Balaban J connectivity index is 1.78. The van der Waals surface area contributed by atoms with E-state index in [1.54, 1.807) is 12.1 Å². The molecule has 0 aliphatic heterocycles. The van der Waals surface area contributed by atoms with Gasteiger partial charge in [0, 0.05) is 30.6 Å². The molecule has 1 fully saturated rings. The van der Waals surface area contributed by atoms with Gasteiger partial charge in [0.05, 0.1) is 11.5 Å². The smallest absolute Gasteiger partial charge is 0.255 e. The third-order valence-electron chi connectivity index (χ3n) is 6.73. The summed E-state index contributed by atoms with van der Waals surface area (Å²) >= 11 is 0. The minimum atomic E-state index is -1.10. The number of nitrogens with zero attached hydrogens (tertiary/aromatic N) is 1. The Morgan fingerprint density at radius 2 is 1.97 bits per heavy atom. The van der Waals surface area contributed by atoms with E-state index < -0.39 is 40.6 Å². The van der Waals surface area contributed by atoms with Crippen LogP contribution in [-0.2, 0) is 27.3 Å². The average Bonchev–Trinajstić information content (AvgIpc) is 2.69. The van der Waals surface area contributed by atoms with E-state index in [-0.39, 0.29) is 35.0 Å². The van der Waals surface area contributed by atoms with Crippen LogP contribution in [0.1, 0.15) is 29.5 Å². The maximum Gasteiger partial charge on any atom is 0.255 e. The van der Waals surface area contributed by atoms with Crippen LogP contribution in [0.5, 0.6) is 5.75 Å². The summed E-state index contributed by atoms with van der Waals surface area (Å²) in [7, 11) is 1.87. The highest BCUT2D eigenvalue weighted by Gasteiger charge is 2.50. The van der Waals surface area contributed by atoms with E-state index in [1.807, 2.05) is 18.0 Å². The first-order valence-corrected chi connectivity index (χ1v) is 10.5. The number of carbonyl (C=O) groups excluding carboxylic acids is 3. The van der Waals surface area contributed by atoms with Gasteiger partial charge in [0.15, 0.2) is 11.6 Å². The number of nitrogens with two attached hydrogens (primary N) is 1. The summed E-state index contributed by atoms with van der Waals surface area (Å²) in [4.78, 5) is 39.3. The molecule has 3 aliphatic carbocycles. The highest BCUT2D eigenvalue weighted by Crippen LogP contribution is 2.50. The van der Waals surface area contributed by atoms with Crippen LogP contribution in [0.2, 0.25) is 0 Å². The van der Waals surface area contributed by atoms with Gasteiger partial charge in [-0.3, -0.25) is 19.3 Å². The summed E-state index contributed by atoms with van der Waals surface area (Å²) in [5.41, 5.74) is 6.36. The standard InChI is InChI=1S/C24H26N2O6/c1-3-6-26(2)10-12-5-4-11-7-13-8-14-9-15(27)19(24(25)32)23(31)18(14)22(30)17(13)21(29)16(11)20(12)28/h3-5,13-14,18,28-29,31H,1,6-10H2,2H3,(H2,25,32). The molecule has 3 unspecified atom stereocenters. The highest BCUT2D eigenvalue weighted by molar-refractivity contribution is 6.21. The van der Waals surface area contributed by atoms with Gasteiger partial charge in [-0.2, -0.15) is 0 Å². The Bertz CT molecular complexity index is 1120. The number of likely N-dealkylation sites (N-methyl/N-ethyl adjacent to an activating group) is 1. The number of Topliss-reactive ketones (excluding diaryl/α,β-unsaturated/α-hetero) is 2. The number of aliphatic hydroxyl groups is 2. The van der Waals surface area contributed by atoms with Crippen LogP contribution < -0.4 is 5.73 Å². The third-order valence-corrected chi connectivity index (χ3v) is 6.73. The van der Waals surface area contributed by atoms with Crippen molar-refractivity contribution in [1.82, 2.24) is 4.90 Å². The molecule has 8 nitrogen and oxygen atoms in total. The fourth-order valence-electron chi connectivity index (χ4n) is 5.36. The maximum atomic E-state index is 13.4. The number of hydrogen-bond donors (Lipinski definition) is 4. The molecule has 3 atom stereocenters. The van der Waals surface area contributed by atoms with Gasteiger partial charge >= 0.3 is 0 Å². The summed E-state index contributed by atoms with van der Waals surface area (Å²) in [6, 6.07) is 3.64. The molecule has 0 saturated heterocycles. The molecule has 32 heavy (non-hydrogen) atoms. The lowest BCUT2D eigenvalue weighted by atomic mass is 9.61. The molecule has 1 aromatic carbocycles. The second-order valence-corrected chi connectivity index (χ2v) is 8.85. The van der Waals surface area contributed by atoms with Crippen LogP contribution in [-0.4, -0.2) is 51.3 Å². The monoisotopic (exact) mass is 438 g/mol. The summed E-state index contributed by atoms with van der Waals surface area (Å²) in [6.45, 7) is 4.73. The molecular formula is C24H26N2O6. The van der Waals surface area contributed by atoms with Crippen molar-refractivity contribution in [2.24, 2.45) is 23.5 Å². The number of aromatic hydroxyl groups is 1. The summed E-state index contributed by atoms with van der Waals surface area (Å²) < 4.78 is 0. The highest BCUT2D eigenvalue weighted by atomic mass is 16.3. The van der Waals surface area contributed by atoms with Gasteiger partial charge in [-0.25, -0.2) is 0 Å². The fourth-order valence-corrected chi connectivity index (χ4v) is 5.36. The number of amides is 1. The second kappa shape index (κ2) is 7.94. The number of hydrogen-bond acceptors (Lipinski definition) is 7. The Morgan fingerprint density at radius 1 is 1.25 bits per heavy atom. The van der Waals surface area contributed by atoms with E-state index in [2.05, 4.69) is 6.58 Å². The molecule has 0 spiro atoms. The molecular weight excluding hydrogens is 412 g/mol. The van der Waals surface area contributed by atoms with E-state index in [9.17, 15) is 29.7 Å². The van der Waals surface area contributed by atoms with Gasteiger partial charge in [-0.1, -0.05) is 18.2 Å². The second-order valence-electron chi connectivity index (χ2n) is 8.85. The summed E-state index contributed by atoms with van der Waals surface area (Å²) in [5, 5.41) is 32.6. The number of phenolic OH excluding ortho intramolecular Hbond substituents is 1. The van der Waals surface area contributed by atoms with Crippen LogP contribution >= 0.6 is 0 Å². The number of benzene rings is 1. The minimum absolute atomic E-state index is 0.0596. The lowest BCUT2D eigenvalue weighted by Gasteiger charge is -2.41. The van der Waals surface area contributed by atoms with Crippen molar-refractivity contribution in [1.29, 1.82) is 0 Å². The zero-order valence-corrected chi connectivity index (χ0v) is 17.8. The van der Waals surface area contributed by atoms with E-state index in [1.165, 1.54) is 0 Å². The molecule has 4 rings (SSSR count). The number of ketones is 2. The molecule has 5 N–H and O–H groups in total. The Kier molecular flexibility index (Phi) is 5.42. The zero-order chi connectivity index (χ0) is 23.3. The van der Waals surface area contributed by atoms with Crippen molar-refractivity contribution in [2.75, 3.05) is 13.6 Å². The molecule has 168 valence electrons.